The molecular weight excluding hydrogens is 512 g/mol. The lowest BCUT2D eigenvalue weighted by Gasteiger charge is -2.46. The number of fused-ring (bicyclic) bond motifs is 3. The molecule has 5 nitrogen and oxygen atoms in total. The van der Waals surface area contributed by atoms with E-state index in [4.69, 9.17) is 4.98 Å². The number of hydrogen-bond donors (Lipinski definition) is 0. The number of hydrogen-bond acceptors (Lipinski definition) is 4. The Kier molecular flexibility index (Phi) is 7.54. The second kappa shape index (κ2) is 10.8. The normalized spacial score (nSPS) is 25.0. The molecule has 4 heterocycles. The molecule has 6 rings (SSSR count). The molecule has 0 radical (unpaired) electrons. The lowest BCUT2D eigenvalue weighted by Crippen LogP contribution is -2.50. The molecule has 3 aliphatic heterocycles. The molecule has 2 unspecified atom stereocenters. The molecule has 0 aliphatic carbocycles. The van der Waals surface area contributed by atoms with E-state index in [1.165, 1.54) is 48.1 Å². The van der Waals surface area contributed by atoms with Gasteiger partial charge in [-0.05, 0) is 99.9 Å². The van der Waals surface area contributed by atoms with Gasteiger partial charge in [-0.1, -0.05) is 45.0 Å². The Hall–Kier alpha value is -2.31. The highest BCUT2D eigenvalue weighted by Gasteiger charge is 2.44. The molecule has 1 amide bonds. The number of carbonyl (C=O) groups excluding carboxylic acids is 1. The van der Waals surface area contributed by atoms with E-state index in [2.05, 4.69) is 76.1 Å². The van der Waals surface area contributed by atoms with E-state index in [-0.39, 0.29) is 10.8 Å². The summed E-state index contributed by atoms with van der Waals surface area (Å²) >= 11 is 1.81. The molecule has 3 atom stereocenters. The monoisotopic (exact) mass is 558 g/mol. The number of amides is 1. The number of benzene rings is 2. The Morgan fingerprint density at radius 1 is 0.975 bits per heavy atom. The average molecular weight is 559 g/mol. The van der Waals surface area contributed by atoms with Crippen molar-refractivity contribution in [2.75, 3.05) is 25.9 Å². The molecular formula is C34H46N4OS. The van der Waals surface area contributed by atoms with Crippen LogP contribution in [0.2, 0.25) is 0 Å². The topological polar surface area (TPSA) is 41.4 Å². The van der Waals surface area contributed by atoms with Crippen LogP contribution < -0.4 is 0 Å². The Balaban J connectivity index is 1.19. The third-order valence-electron chi connectivity index (χ3n) is 10.2. The Morgan fingerprint density at radius 2 is 1.62 bits per heavy atom. The number of piperidine rings is 2. The summed E-state index contributed by atoms with van der Waals surface area (Å²) in [6.45, 7) is 11.2. The average Bonchev–Trinajstić information content (AvgIpc) is 3.41. The van der Waals surface area contributed by atoms with Gasteiger partial charge < -0.3 is 9.47 Å². The van der Waals surface area contributed by atoms with Crippen LogP contribution in [0.1, 0.15) is 83.1 Å². The molecule has 214 valence electrons. The van der Waals surface area contributed by atoms with E-state index < -0.39 is 0 Å². The van der Waals surface area contributed by atoms with Gasteiger partial charge in [-0.3, -0.25) is 9.69 Å². The second-order valence-corrected chi connectivity index (χ2v) is 14.4. The van der Waals surface area contributed by atoms with Crippen LogP contribution in [0, 0.1) is 12.3 Å². The van der Waals surface area contributed by atoms with E-state index in [9.17, 15) is 4.79 Å². The van der Waals surface area contributed by atoms with Gasteiger partial charge in [0, 0.05) is 41.5 Å². The van der Waals surface area contributed by atoms with Crippen molar-refractivity contribution < 1.29 is 4.79 Å². The number of likely N-dealkylation sites (tertiary alicyclic amines) is 1. The molecule has 3 saturated heterocycles. The van der Waals surface area contributed by atoms with Crippen LogP contribution in [0.15, 0.2) is 53.4 Å². The predicted octanol–water partition coefficient (Wildman–Crippen LogP) is 7.23. The molecule has 0 saturated carbocycles. The highest BCUT2D eigenvalue weighted by Crippen LogP contribution is 2.45. The summed E-state index contributed by atoms with van der Waals surface area (Å²) in [7, 11) is 0. The minimum atomic E-state index is -0.317. The van der Waals surface area contributed by atoms with Gasteiger partial charge in [0.15, 0.2) is 0 Å². The molecule has 0 spiro atoms. The zero-order chi connectivity index (χ0) is 28.1. The fourth-order valence-corrected chi connectivity index (χ4v) is 8.44. The van der Waals surface area contributed by atoms with Crippen LogP contribution >= 0.6 is 11.8 Å². The number of para-hydroxylation sites is 2. The number of carbonyl (C=O) groups is 1. The van der Waals surface area contributed by atoms with Crippen molar-refractivity contribution in [3.05, 3.63) is 59.9 Å². The van der Waals surface area contributed by atoms with E-state index >= 15 is 0 Å². The second-order valence-electron chi connectivity index (χ2n) is 13.6. The van der Waals surface area contributed by atoms with E-state index in [1.807, 2.05) is 32.5 Å². The van der Waals surface area contributed by atoms with Crippen molar-refractivity contribution in [3.63, 3.8) is 0 Å². The highest BCUT2D eigenvalue weighted by molar-refractivity contribution is 7.98. The van der Waals surface area contributed by atoms with Crippen molar-refractivity contribution in [1.29, 1.82) is 0 Å². The summed E-state index contributed by atoms with van der Waals surface area (Å²) in [5, 5.41) is 0. The van der Waals surface area contributed by atoms with Gasteiger partial charge in [-0.15, -0.1) is 11.8 Å². The first kappa shape index (κ1) is 27.8. The summed E-state index contributed by atoms with van der Waals surface area (Å²) in [5.74, 6) is 1.45. The first-order valence-corrected chi connectivity index (χ1v) is 16.5. The van der Waals surface area contributed by atoms with Crippen LogP contribution in [-0.2, 0) is 10.2 Å². The van der Waals surface area contributed by atoms with E-state index in [0.717, 1.165) is 43.8 Å². The van der Waals surface area contributed by atoms with Gasteiger partial charge in [0.1, 0.15) is 5.82 Å². The smallest absolute Gasteiger partial charge is 0.227 e. The molecule has 0 N–H and O–H groups in total. The van der Waals surface area contributed by atoms with Crippen molar-refractivity contribution in [2.45, 2.75) is 101 Å². The van der Waals surface area contributed by atoms with Crippen LogP contribution in [-0.4, -0.2) is 63.2 Å². The number of thioether (sulfide) groups is 1. The van der Waals surface area contributed by atoms with Gasteiger partial charge in [-0.2, -0.15) is 0 Å². The third-order valence-corrected chi connectivity index (χ3v) is 10.9. The molecule has 6 heteroatoms. The van der Waals surface area contributed by atoms with Crippen LogP contribution in [0.3, 0.4) is 0 Å². The maximum atomic E-state index is 13.1. The number of aromatic nitrogens is 2. The minimum absolute atomic E-state index is 0.138. The molecule has 3 fully saturated rings. The van der Waals surface area contributed by atoms with E-state index in [1.54, 1.807) is 0 Å². The minimum Gasteiger partial charge on any atom is -0.342 e. The van der Waals surface area contributed by atoms with E-state index in [0.29, 0.717) is 24.0 Å². The van der Waals surface area contributed by atoms with Crippen LogP contribution in [0.4, 0.5) is 0 Å². The molecule has 3 aromatic rings. The lowest BCUT2D eigenvalue weighted by molar-refractivity contribution is -0.141. The Morgan fingerprint density at radius 3 is 2.25 bits per heavy atom. The van der Waals surface area contributed by atoms with Crippen molar-refractivity contribution in [1.82, 2.24) is 19.4 Å². The molecule has 2 bridgehead atoms. The lowest BCUT2D eigenvalue weighted by atomic mass is 9.70. The quantitative estimate of drug-likeness (QED) is 0.299. The fourth-order valence-electron chi connectivity index (χ4n) is 8.03. The van der Waals surface area contributed by atoms with Gasteiger partial charge in [0.05, 0.1) is 11.0 Å². The summed E-state index contributed by atoms with van der Waals surface area (Å²) < 4.78 is 2.54. The Bertz CT molecular complexity index is 1330. The number of imidazole rings is 1. The number of rotatable bonds is 6. The third kappa shape index (κ3) is 5.11. The number of aryl methyl sites for hydroxylation is 1. The van der Waals surface area contributed by atoms with Crippen molar-refractivity contribution in [3.8, 4) is 0 Å². The van der Waals surface area contributed by atoms with Crippen LogP contribution in [0.5, 0.6) is 0 Å². The molecule has 1 aromatic heterocycles. The van der Waals surface area contributed by atoms with Gasteiger partial charge in [-0.25, -0.2) is 4.98 Å². The first-order valence-electron chi connectivity index (χ1n) is 15.3. The van der Waals surface area contributed by atoms with Gasteiger partial charge in [0.2, 0.25) is 5.91 Å². The SMILES string of the molecule is CSc1ccc(C2(CCN3C4CC[C@@H]3CC(n3c(C)nc5ccccc53)C4)CCN(C(=O)C(C)(C)C)CC2)cc1. The maximum Gasteiger partial charge on any atom is 0.227 e. The highest BCUT2D eigenvalue weighted by atomic mass is 32.2. The maximum absolute atomic E-state index is 13.1. The standard InChI is InChI=1S/C34H46N4OS/c1-24-35-30-8-6-7-9-31(30)38(24)28-22-26-12-13-27(23-28)37(26)21-18-34(25-10-14-29(40-5)15-11-25)16-19-36(20-17-34)32(39)33(2,3)4/h6-11,14-15,26-28H,12-13,16-23H2,1-5H3/t26-,27?,28?/m1/s1. The summed E-state index contributed by atoms with van der Waals surface area (Å²) in [6.07, 6.45) is 10.5. The first-order chi connectivity index (χ1) is 19.2. The van der Waals surface area contributed by atoms with Crippen molar-refractivity contribution in [2.24, 2.45) is 5.41 Å². The molecule has 3 aliphatic rings. The molecule has 40 heavy (non-hydrogen) atoms. The summed E-state index contributed by atoms with van der Waals surface area (Å²) in [5.41, 5.74) is 3.71. The van der Waals surface area contributed by atoms with Crippen molar-refractivity contribution >= 4 is 28.7 Å². The van der Waals surface area contributed by atoms with Gasteiger partial charge in [0.25, 0.3) is 0 Å². The van der Waals surface area contributed by atoms with Gasteiger partial charge >= 0.3 is 0 Å². The van der Waals surface area contributed by atoms with Crippen LogP contribution in [0.25, 0.3) is 11.0 Å². The largest absolute Gasteiger partial charge is 0.342 e. The fraction of sp³-hybridized carbons (Fsp3) is 0.588. The molecule has 2 aromatic carbocycles. The zero-order valence-corrected chi connectivity index (χ0v) is 25.8. The Labute approximate surface area is 244 Å². The number of nitrogens with zero attached hydrogens (tertiary/aromatic N) is 4. The predicted molar refractivity (Wildman–Crippen MR) is 166 cm³/mol. The summed E-state index contributed by atoms with van der Waals surface area (Å²) in [4.78, 5) is 24.3. The zero-order valence-electron chi connectivity index (χ0n) is 25.0. The summed E-state index contributed by atoms with van der Waals surface area (Å²) in [6, 6.07) is 19.8.